The van der Waals surface area contributed by atoms with E-state index < -0.39 is 11.9 Å². The summed E-state index contributed by atoms with van der Waals surface area (Å²) in [7, 11) is 0. The van der Waals surface area contributed by atoms with E-state index in [1.165, 1.54) is 0 Å². The number of piperidine rings is 1. The van der Waals surface area contributed by atoms with Crippen LogP contribution in [0.1, 0.15) is 18.4 Å². The van der Waals surface area contributed by atoms with Crippen LogP contribution in [0.3, 0.4) is 0 Å². The van der Waals surface area contributed by atoms with Crippen molar-refractivity contribution in [1.29, 1.82) is 0 Å². The summed E-state index contributed by atoms with van der Waals surface area (Å²) in [6.45, 7) is 2.74. The number of pyridine rings is 1. The number of hydrogen-bond acceptors (Lipinski definition) is 3. The van der Waals surface area contributed by atoms with Crippen LogP contribution in [-0.2, 0) is 4.79 Å². The average Bonchev–Trinajstić information content (AvgIpc) is 2.41. The predicted octanol–water partition coefficient (Wildman–Crippen LogP) is 1.72. The summed E-state index contributed by atoms with van der Waals surface area (Å²) in [4.78, 5) is 28.6. The van der Waals surface area contributed by atoms with E-state index in [1.807, 2.05) is 13.0 Å². The number of nitrogens with one attached hydrogen (secondary N) is 1. The number of aryl methyl sites for hydroxylation is 1. The average molecular weight is 263 g/mol. The number of hydrogen-bond donors (Lipinski definition) is 2. The molecule has 0 aliphatic carbocycles. The van der Waals surface area contributed by atoms with Crippen molar-refractivity contribution in [2.75, 3.05) is 18.4 Å². The molecule has 0 bridgehead atoms. The molecule has 1 atom stereocenters. The van der Waals surface area contributed by atoms with Crippen molar-refractivity contribution in [3.8, 4) is 0 Å². The molecule has 1 aromatic heterocycles. The van der Waals surface area contributed by atoms with Crippen LogP contribution in [0.4, 0.5) is 10.5 Å². The Morgan fingerprint density at radius 3 is 3.00 bits per heavy atom. The lowest BCUT2D eigenvalue weighted by molar-refractivity contribution is -0.143. The number of carboxylic acids is 1. The van der Waals surface area contributed by atoms with Crippen molar-refractivity contribution < 1.29 is 14.7 Å². The third kappa shape index (κ3) is 3.21. The summed E-state index contributed by atoms with van der Waals surface area (Å²) in [6, 6.07) is 1.55. The van der Waals surface area contributed by atoms with Gasteiger partial charge in [0.1, 0.15) is 0 Å². The van der Waals surface area contributed by atoms with Crippen molar-refractivity contribution in [1.82, 2.24) is 9.88 Å². The molecule has 2 amide bonds. The van der Waals surface area contributed by atoms with Crippen LogP contribution in [0, 0.1) is 12.8 Å². The van der Waals surface area contributed by atoms with E-state index in [9.17, 15) is 9.59 Å². The lowest BCUT2D eigenvalue weighted by atomic mass is 9.99. The highest BCUT2D eigenvalue weighted by Gasteiger charge is 2.28. The summed E-state index contributed by atoms with van der Waals surface area (Å²) < 4.78 is 0. The third-order valence-electron chi connectivity index (χ3n) is 3.34. The third-order valence-corrected chi connectivity index (χ3v) is 3.34. The summed E-state index contributed by atoms with van der Waals surface area (Å²) in [6.07, 6.45) is 4.60. The largest absolute Gasteiger partial charge is 0.481 e. The van der Waals surface area contributed by atoms with E-state index in [4.69, 9.17) is 5.11 Å². The Balaban J connectivity index is 2.00. The lowest BCUT2D eigenvalue weighted by Gasteiger charge is -2.30. The molecule has 0 aromatic carbocycles. The number of amides is 2. The number of carbonyl (C=O) groups excluding carboxylic acids is 1. The van der Waals surface area contributed by atoms with E-state index >= 15 is 0 Å². The van der Waals surface area contributed by atoms with Crippen molar-refractivity contribution >= 4 is 17.7 Å². The minimum absolute atomic E-state index is 0.262. The van der Waals surface area contributed by atoms with Gasteiger partial charge in [0.15, 0.2) is 0 Å². The first-order chi connectivity index (χ1) is 9.08. The predicted molar refractivity (Wildman–Crippen MR) is 69.9 cm³/mol. The molecule has 2 rings (SSSR count). The number of nitrogens with zero attached hydrogens (tertiary/aromatic N) is 2. The van der Waals surface area contributed by atoms with Gasteiger partial charge in [-0.3, -0.25) is 9.78 Å². The van der Waals surface area contributed by atoms with Crippen LogP contribution >= 0.6 is 0 Å². The fourth-order valence-corrected chi connectivity index (χ4v) is 2.15. The second-order valence-electron chi connectivity index (χ2n) is 4.74. The SMILES string of the molecule is Cc1ccncc1NC(=O)N1CCC[C@@H](C(=O)O)C1. The highest BCUT2D eigenvalue weighted by atomic mass is 16.4. The fourth-order valence-electron chi connectivity index (χ4n) is 2.15. The standard InChI is InChI=1S/C13H17N3O3/c1-9-4-5-14-7-11(9)15-13(19)16-6-2-3-10(8-16)12(17)18/h4-5,7,10H,2-3,6,8H2,1H3,(H,15,19)(H,17,18)/t10-/m1/s1. The molecule has 1 aliphatic heterocycles. The maximum Gasteiger partial charge on any atom is 0.321 e. The summed E-state index contributed by atoms with van der Waals surface area (Å²) in [5.41, 5.74) is 1.58. The Kier molecular flexibility index (Phi) is 3.99. The van der Waals surface area contributed by atoms with Crippen molar-refractivity contribution in [2.24, 2.45) is 5.92 Å². The molecule has 6 nitrogen and oxygen atoms in total. The molecular formula is C13H17N3O3. The Hall–Kier alpha value is -2.11. The van der Waals surface area contributed by atoms with Gasteiger partial charge in [-0.25, -0.2) is 4.79 Å². The monoisotopic (exact) mass is 263 g/mol. The number of anilines is 1. The van der Waals surface area contributed by atoms with Crippen molar-refractivity contribution in [3.63, 3.8) is 0 Å². The first kappa shape index (κ1) is 13.3. The molecule has 6 heteroatoms. The van der Waals surface area contributed by atoms with E-state index in [0.717, 1.165) is 12.0 Å². The number of carbonyl (C=O) groups is 2. The molecule has 0 saturated carbocycles. The molecule has 1 aliphatic rings. The van der Waals surface area contributed by atoms with E-state index in [0.29, 0.717) is 18.7 Å². The van der Waals surface area contributed by atoms with Gasteiger partial charge < -0.3 is 15.3 Å². The molecule has 1 aromatic rings. The van der Waals surface area contributed by atoms with E-state index in [1.54, 1.807) is 17.3 Å². The van der Waals surface area contributed by atoms with Crippen LogP contribution in [-0.4, -0.2) is 40.1 Å². The highest BCUT2D eigenvalue weighted by molar-refractivity contribution is 5.90. The lowest BCUT2D eigenvalue weighted by Crippen LogP contribution is -2.44. The molecule has 102 valence electrons. The Morgan fingerprint density at radius 1 is 1.53 bits per heavy atom. The van der Waals surface area contributed by atoms with Gasteiger partial charge in [0, 0.05) is 19.3 Å². The van der Waals surface area contributed by atoms with Crippen molar-refractivity contribution in [2.45, 2.75) is 19.8 Å². The minimum Gasteiger partial charge on any atom is -0.481 e. The van der Waals surface area contributed by atoms with Gasteiger partial charge in [0.25, 0.3) is 0 Å². The van der Waals surface area contributed by atoms with Gasteiger partial charge in [-0.15, -0.1) is 0 Å². The van der Waals surface area contributed by atoms with Gasteiger partial charge in [-0.05, 0) is 31.4 Å². The molecule has 0 spiro atoms. The topological polar surface area (TPSA) is 82.5 Å². The molecule has 19 heavy (non-hydrogen) atoms. The molecule has 0 unspecified atom stereocenters. The molecule has 1 saturated heterocycles. The second-order valence-corrected chi connectivity index (χ2v) is 4.74. The number of carboxylic acid groups (broad SMARTS) is 1. The summed E-state index contributed by atoms with van der Waals surface area (Å²) in [5.74, 6) is -1.30. The zero-order valence-corrected chi connectivity index (χ0v) is 10.8. The number of likely N-dealkylation sites (tertiary alicyclic amines) is 1. The van der Waals surface area contributed by atoms with E-state index in [2.05, 4.69) is 10.3 Å². The highest BCUT2D eigenvalue weighted by Crippen LogP contribution is 2.18. The van der Waals surface area contributed by atoms with Crippen molar-refractivity contribution in [3.05, 3.63) is 24.0 Å². The smallest absolute Gasteiger partial charge is 0.321 e. The minimum atomic E-state index is -0.838. The van der Waals surface area contributed by atoms with Crippen LogP contribution in [0.2, 0.25) is 0 Å². The second kappa shape index (κ2) is 5.69. The molecule has 2 N–H and O–H groups in total. The fraction of sp³-hybridized carbons (Fsp3) is 0.462. The van der Waals surface area contributed by atoms with Crippen LogP contribution in [0.25, 0.3) is 0 Å². The van der Waals surface area contributed by atoms with Crippen LogP contribution in [0.5, 0.6) is 0 Å². The van der Waals surface area contributed by atoms with Crippen LogP contribution in [0.15, 0.2) is 18.5 Å². The summed E-state index contributed by atoms with van der Waals surface area (Å²) in [5, 5.41) is 11.8. The number of rotatable bonds is 2. The normalized spacial score (nSPS) is 19.0. The van der Waals surface area contributed by atoms with Gasteiger partial charge >= 0.3 is 12.0 Å². The molecule has 1 fully saturated rings. The van der Waals surface area contributed by atoms with Crippen LogP contribution < -0.4 is 5.32 Å². The Labute approximate surface area is 111 Å². The van der Waals surface area contributed by atoms with E-state index in [-0.39, 0.29) is 12.6 Å². The van der Waals surface area contributed by atoms with Gasteiger partial charge in [-0.2, -0.15) is 0 Å². The zero-order chi connectivity index (χ0) is 13.8. The molecule has 0 radical (unpaired) electrons. The maximum absolute atomic E-state index is 12.1. The van der Waals surface area contributed by atoms with Gasteiger partial charge in [-0.1, -0.05) is 0 Å². The Morgan fingerprint density at radius 2 is 2.32 bits per heavy atom. The number of urea groups is 1. The molecular weight excluding hydrogens is 246 g/mol. The van der Waals surface area contributed by atoms with Gasteiger partial charge in [0.05, 0.1) is 17.8 Å². The Bertz CT molecular complexity index is 490. The molecule has 2 heterocycles. The maximum atomic E-state index is 12.1. The zero-order valence-electron chi connectivity index (χ0n) is 10.8. The first-order valence-corrected chi connectivity index (χ1v) is 6.27. The van der Waals surface area contributed by atoms with Gasteiger partial charge in [0.2, 0.25) is 0 Å². The first-order valence-electron chi connectivity index (χ1n) is 6.27. The quantitative estimate of drug-likeness (QED) is 0.851. The number of aliphatic carboxylic acids is 1. The summed E-state index contributed by atoms with van der Waals surface area (Å²) >= 11 is 0. The number of aromatic nitrogens is 1.